The van der Waals surface area contributed by atoms with Crippen molar-refractivity contribution in [1.82, 2.24) is 10.6 Å². The molecule has 0 radical (unpaired) electrons. The summed E-state index contributed by atoms with van der Waals surface area (Å²) in [6.45, 7) is 7.49. The number of carbonyl (C=O) groups is 2. The summed E-state index contributed by atoms with van der Waals surface area (Å²) in [6, 6.07) is 3.61. The van der Waals surface area contributed by atoms with E-state index in [1.165, 1.54) is 0 Å². The van der Waals surface area contributed by atoms with Crippen molar-refractivity contribution in [2.24, 2.45) is 0 Å². The van der Waals surface area contributed by atoms with E-state index < -0.39 is 6.09 Å². The Balaban J connectivity index is 2.58. The summed E-state index contributed by atoms with van der Waals surface area (Å²) >= 11 is 3.46. The van der Waals surface area contributed by atoms with Crippen molar-refractivity contribution in [3.8, 4) is 11.5 Å². The molecule has 0 spiro atoms. The molecule has 1 rings (SSSR count). The lowest BCUT2D eigenvalue weighted by Crippen LogP contribution is -2.35. The summed E-state index contributed by atoms with van der Waals surface area (Å²) in [5.41, 5.74) is 0.794. The van der Waals surface area contributed by atoms with Crippen LogP contribution in [0.4, 0.5) is 4.79 Å². The summed E-state index contributed by atoms with van der Waals surface area (Å²) < 4.78 is 16.6. The Bertz CT molecular complexity index is 580. The van der Waals surface area contributed by atoms with Gasteiger partial charge in [0.15, 0.2) is 11.5 Å². The fourth-order valence-corrected chi connectivity index (χ4v) is 2.50. The molecule has 1 aromatic rings. The van der Waals surface area contributed by atoms with Crippen molar-refractivity contribution in [3.63, 3.8) is 0 Å². The Kier molecular flexibility index (Phi) is 9.76. The minimum absolute atomic E-state index is 0.155. The third-order valence-electron chi connectivity index (χ3n) is 3.06. The minimum Gasteiger partial charge on any atom is -0.490 e. The molecule has 1 aromatic carbocycles. The highest BCUT2D eigenvalue weighted by Gasteiger charge is 2.13. The van der Waals surface area contributed by atoms with Gasteiger partial charge in [0, 0.05) is 17.6 Å². The molecule has 0 aliphatic rings. The number of alkyl carbamates (subject to hydrolysis) is 1. The van der Waals surface area contributed by atoms with Crippen molar-refractivity contribution in [3.05, 3.63) is 22.2 Å². The summed E-state index contributed by atoms with van der Waals surface area (Å²) in [5.74, 6) is 1.09. The molecule has 2 amide bonds. The highest BCUT2D eigenvalue weighted by atomic mass is 79.9. The first-order valence-electron chi connectivity index (χ1n) is 8.27. The van der Waals surface area contributed by atoms with Gasteiger partial charge in [0.25, 0.3) is 0 Å². The highest BCUT2D eigenvalue weighted by molar-refractivity contribution is 9.10. The van der Waals surface area contributed by atoms with Gasteiger partial charge in [-0.25, -0.2) is 4.79 Å². The first kappa shape index (κ1) is 21.1. The Morgan fingerprint density at radius 1 is 0.960 bits per heavy atom. The Hall–Kier alpha value is -1.96. The van der Waals surface area contributed by atoms with Gasteiger partial charge < -0.3 is 24.8 Å². The van der Waals surface area contributed by atoms with E-state index >= 15 is 0 Å². The Labute approximate surface area is 156 Å². The average Bonchev–Trinajstić information content (AvgIpc) is 2.56. The smallest absolute Gasteiger partial charge is 0.407 e. The van der Waals surface area contributed by atoms with Gasteiger partial charge in [-0.1, -0.05) is 15.9 Å². The largest absolute Gasteiger partial charge is 0.490 e. The second-order valence-corrected chi connectivity index (χ2v) is 5.78. The first-order valence-corrected chi connectivity index (χ1v) is 9.06. The van der Waals surface area contributed by atoms with Crippen LogP contribution in [-0.4, -0.2) is 44.9 Å². The number of hydrogen-bond donors (Lipinski definition) is 2. The molecular formula is C17H25BrN2O5. The molecule has 0 aliphatic carbocycles. The van der Waals surface area contributed by atoms with Crippen LogP contribution in [0.15, 0.2) is 16.6 Å². The molecular weight excluding hydrogens is 392 g/mol. The van der Waals surface area contributed by atoms with Gasteiger partial charge in [-0.05, 0) is 38.5 Å². The van der Waals surface area contributed by atoms with E-state index in [4.69, 9.17) is 14.2 Å². The number of hydrogen-bond acceptors (Lipinski definition) is 5. The minimum atomic E-state index is -0.493. The van der Waals surface area contributed by atoms with Gasteiger partial charge in [-0.2, -0.15) is 0 Å². The quantitative estimate of drug-likeness (QED) is 0.572. The first-order chi connectivity index (χ1) is 12.0. The van der Waals surface area contributed by atoms with Gasteiger partial charge in [0.1, 0.15) is 0 Å². The second kappa shape index (κ2) is 11.6. The van der Waals surface area contributed by atoms with E-state index in [-0.39, 0.29) is 12.3 Å². The molecule has 8 heteroatoms. The summed E-state index contributed by atoms with van der Waals surface area (Å²) in [7, 11) is 0. The van der Waals surface area contributed by atoms with Crippen molar-refractivity contribution in [2.45, 2.75) is 27.2 Å². The predicted molar refractivity (Wildman–Crippen MR) is 98.2 cm³/mol. The monoisotopic (exact) mass is 416 g/mol. The molecule has 0 saturated heterocycles. The molecule has 25 heavy (non-hydrogen) atoms. The molecule has 0 saturated carbocycles. The zero-order valence-corrected chi connectivity index (χ0v) is 16.4. The fraction of sp³-hybridized carbons (Fsp3) is 0.529. The Morgan fingerprint density at radius 3 is 2.16 bits per heavy atom. The van der Waals surface area contributed by atoms with Crippen LogP contribution >= 0.6 is 15.9 Å². The summed E-state index contributed by atoms with van der Waals surface area (Å²) in [5, 5.41) is 5.28. The van der Waals surface area contributed by atoms with Crippen LogP contribution in [0.2, 0.25) is 0 Å². The Morgan fingerprint density at radius 2 is 1.56 bits per heavy atom. The number of ether oxygens (including phenoxy) is 3. The second-order valence-electron chi connectivity index (χ2n) is 4.93. The fourth-order valence-electron chi connectivity index (χ4n) is 2.03. The van der Waals surface area contributed by atoms with Crippen LogP contribution in [-0.2, 0) is 16.0 Å². The lowest BCUT2D eigenvalue weighted by atomic mass is 10.1. The standard InChI is InChI=1S/C17H25BrN2O5/c1-4-23-14-9-12(13(18)11-15(14)24-5-2)10-16(21)19-7-8-20-17(22)25-6-3/h9,11H,4-8,10H2,1-3H3,(H,19,21)(H,20,22). The maximum Gasteiger partial charge on any atom is 0.407 e. The lowest BCUT2D eigenvalue weighted by Gasteiger charge is -2.14. The van der Waals surface area contributed by atoms with Crippen molar-refractivity contribution >= 4 is 27.9 Å². The molecule has 0 heterocycles. The van der Waals surface area contributed by atoms with Crippen LogP contribution in [0, 0.1) is 0 Å². The maximum absolute atomic E-state index is 12.1. The SMILES string of the molecule is CCOC(=O)NCCNC(=O)Cc1cc(OCC)c(OCC)cc1Br. The van der Waals surface area contributed by atoms with Crippen LogP contribution in [0.25, 0.3) is 0 Å². The number of nitrogens with one attached hydrogen (secondary N) is 2. The van der Waals surface area contributed by atoms with Crippen LogP contribution in [0.3, 0.4) is 0 Å². The van der Waals surface area contributed by atoms with Gasteiger partial charge in [0.05, 0.1) is 26.2 Å². The topological polar surface area (TPSA) is 85.9 Å². The summed E-state index contributed by atoms with van der Waals surface area (Å²) in [4.78, 5) is 23.2. The number of benzene rings is 1. The van der Waals surface area contributed by atoms with Crippen molar-refractivity contribution in [1.29, 1.82) is 0 Å². The molecule has 2 N–H and O–H groups in total. The van der Waals surface area contributed by atoms with E-state index in [1.54, 1.807) is 19.1 Å². The van der Waals surface area contributed by atoms with E-state index in [0.717, 1.165) is 10.0 Å². The highest BCUT2D eigenvalue weighted by Crippen LogP contribution is 2.34. The van der Waals surface area contributed by atoms with Gasteiger partial charge in [0.2, 0.25) is 5.91 Å². The number of amides is 2. The maximum atomic E-state index is 12.1. The summed E-state index contributed by atoms with van der Waals surface area (Å²) in [6.07, 6.45) is -0.306. The zero-order valence-electron chi connectivity index (χ0n) is 14.8. The molecule has 0 aliphatic heterocycles. The molecule has 0 atom stereocenters. The van der Waals surface area contributed by atoms with E-state index in [2.05, 4.69) is 26.6 Å². The van der Waals surface area contributed by atoms with Crippen LogP contribution in [0.1, 0.15) is 26.3 Å². The van der Waals surface area contributed by atoms with Crippen molar-refractivity contribution < 1.29 is 23.8 Å². The van der Waals surface area contributed by atoms with Crippen LogP contribution in [0.5, 0.6) is 11.5 Å². The van der Waals surface area contributed by atoms with Gasteiger partial charge >= 0.3 is 6.09 Å². The zero-order chi connectivity index (χ0) is 18.7. The molecule has 0 bridgehead atoms. The van der Waals surface area contributed by atoms with Crippen LogP contribution < -0.4 is 20.1 Å². The molecule has 7 nitrogen and oxygen atoms in total. The number of rotatable bonds is 10. The molecule has 0 unspecified atom stereocenters. The van der Waals surface area contributed by atoms with Gasteiger partial charge in [-0.3, -0.25) is 4.79 Å². The third-order valence-corrected chi connectivity index (χ3v) is 3.79. The number of halogens is 1. The van der Waals surface area contributed by atoms with Crippen molar-refractivity contribution in [2.75, 3.05) is 32.9 Å². The van der Waals surface area contributed by atoms with Gasteiger partial charge in [-0.15, -0.1) is 0 Å². The lowest BCUT2D eigenvalue weighted by molar-refractivity contribution is -0.120. The number of carbonyl (C=O) groups excluding carboxylic acids is 2. The van der Waals surface area contributed by atoms with E-state index in [9.17, 15) is 9.59 Å². The molecule has 0 fully saturated rings. The van der Waals surface area contributed by atoms with E-state index in [1.807, 2.05) is 13.8 Å². The third kappa shape index (κ3) is 7.64. The normalized spacial score (nSPS) is 10.1. The predicted octanol–water partition coefficient (Wildman–Crippen LogP) is 2.65. The van der Waals surface area contributed by atoms with E-state index in [0.29, 0.717) is 44.4 Å². The average molecular weight is 417 g/mol. The molecule has 140 valence electrons. The molecule has 0 aromatic heterocycles.